The molecule has 0 fully saturated rings. The highest BCUT2D eigenvalue weighted by Gasteiger charge is 2.19. The summed E-state index contributed by atoms with van der Waals surface area (Å²) in [6.07, 6.45) is 1.09. The van der Waals surface area contributed by atoms with Crippen LogP contribution in [0.5, 0.6) is 0 Å². The average Bonchev–Trinajstić information content (AvgIpc) is 2.64. The number of ether oxygens (including phenoxy) is 2. The zero-order chi connectivity index (χ0) is 19.9. The third-order valence-corrected chi connectivity index (χ3v) is 4.34. The molecule has 2 unspecified atom stereocenters. The molecule has 1 aromatic carbocycles. The fraction of sp³-hybridized carbons (Fsp3) is 0.429. The van der Waals surface area contributed by atoms with Crippen LogP contribution in [0.2, 0.25) is 0 Å². The molecule has 0 aliphatic rings. The molecule has 1 rings (SSSR count). The second-order valence-corrected chi connectivity index (χ2v) is 6.46. The molecule has 0 aliphatic heterocycles. The van der Waals surface area contributed by atoms with Crippen LogP contribution in [0.3, 0.4) is 0 Å². The number of rotatable bonds is 10. The third-order valence-electron chi connectivity index (χ3n) is 4.34. The molecule has 26 heavy (non-hydrogen) atoms. The van der Waals surface area contributed by atoms with E-state index in [9.17, 15) is 13.2 Å². The van der Waals surface area contributed by atoms with Crippen molar-refractivity contribution in [2.75, 3.05) is 7.11 Å². The largest absolute Gasteiger partial charge is 0.494 e. The molecule has 0 saturated carbocycles. The van der Waals surface area contributed by atoms with Crippen LogP contribution in [0.15, 0.2) is 54.3 Å². The molecule has 5 heteroatoms. The van der Waals surface area contributed by atoms with Crippen LogP contribution in [0.25, 0.3) is 0 Å². The summed E-state index contributed by atoms with van der Waals surface area (Å²) in [5, 5.41) is 0. The highest BCUT2D eigenvalue weighted by Crippen LogP contribution is 2.29. The highest BCUT2D eigenvalue weighted by atomic mass is 19.2. The second kappa shape index (κ2) is 10.2. The number of hydrogen-bond acceptors (Lipinski definition) is 2. The predicted molar refractivity (Wildman–Crippen MR) is 98.3 cm³/mol. The fourth-order valence-corrected chi connectivity index (χ4v) is 2.28. The lowest BCUT2D eigenvalue weighted by Gasteiger charge is -2.18. The minimum Gasteiger partial charge on any atom is -0.494 e. The molecule has 144 valence electrons. The number of halogens is 3. The van der Waals surface area contributed by atoms with Gasteiger partial charge in [0.15, 0.2) is 11.7 Å². The van der Waals surface area contributed by atoms with Gasteiger partial charge in [-0.15, -0.1) is 0 Å². The molecule has 2 nitrogen and oxygen atoms in total. The lowest BCUT2D eigenvalue weighted by atomic mass is 9.94. The molecule has 0 saturated heterocycles. The van der Waals surface area contributed by atoms with Crippen molar-refractivity contribution in [2.45, 2.75) is 46.3 Å². The Labute approximate surface area is 154 Å². The number of hydrogen-bond donors (Lipinski definition) is 0. The Balaban J connectivity index is 2.50. The summed E-state index contributed by atoms with van der Waals surface area (Å²) in [6.45, 7) is 12.6. The van der Waals surface area contributed by atoms with Gasteiger partial charge in [-0.25, -0.2) is 8.78 Å². The van der Waals surface area contributed by atoms with Gasteiger partial charge < -0.3 is 9.47 Å². The molecule has 0 radical (unpaired) electrons. The van der Waals surface area contributed by atoms with Crippen LogP contribution >= 0.6 is 0 Å². The van der Waals surface area contributed by atoms with Crippen LogP contribution in [0.4, 0.5) is 13.2 Å². The zero-order valence-corrected chi connectivity index (χ0v) is 15.9. The minimum absolute atomic E-state index is 0.0634. The lowest BCUT2D eigenvalue weighted by molar-refractivity contribution is 0.0444. The van der Waals surface area contributed by atoms with E-state index in [1.165, 1.54) is 13.2 Å². The van der Waals surface area contributed by atoms with Gasteiger partial charge in [0.05, 0.1) is 19.8 Å². The first-order valence-corrected chi connectivity index (χ1v) is 8.51. The van der Waals surface area contributed by atoms with Crippen molar-refractivity contribution in [1.29, 1.82) is 0 Å². The van der Waals surface area contributed by atoms with Crippen LogP contribution in [0, 0.1) is 18.7 Å². The summed E-state index contributed by atoms with van der Waals surface area (Å²) >= 11 is 0. The maximum atomic E-state index is 14.0. The zero-order valence-electron chi connectivity index (χ0n) is 15.9. The Morgan fingerprint density at radius 1 is 1.12 bits per heavy atom. The summed E-state index contributed by atoms with van der Waals surface area (Å²) in [7, 11) is 1.22. The molecule has 0 amide bonds. The Morgan fingerprint density at radius 3 is 2.35 bits per heavy atom. The summed E-state index contributed by atoms with van der Waals surface area (Å²) in [5.41, 5.74) is 1.41. The van der Waals surface area contributed by atoms with Crippen LogP contribution < -0.4 is 0 Å². The molecule has 1 aromatic rings. The standard InChI is InChI=1S/C21H27F3O2/c1-13(16(4)20(23)21(24)17(5)25-6)7-9-15(3)26-12-18-10-8-14(2)19(22)11-18/h8,10-11,13,15H,4-5,7,9,12H2,1-3,6H3/b21-20-. The van der Waals surface area contributed by atoms with Gasteiger partial charge in [0.25, 0.3) is 0 Å². The van der Waals surface area contributed by atoms with E-state index in [2.05, 4.69) is 17.9 Å². The van der Waals surface area contributed by atoms with E-state index in [-0.39, 0.29) is 29.2 Å². The van der Waals surface area contributed by atoms with Crippen molar-refractivity contribution in [3.8, 4) is 0 Å². The maximum absolute atomic E-state index is 14.0. The van der Waals surface area contributed by atoms with Gasteiger partial charge in [-0.2, -0.15) is 4.39 Å². The van der Waals surface area contributed by atoms with Crippen LogP contribution in [-0.4, -0.2) is 13.2 Å². The Kier molecular flexibility index (Phi) is 8.66. The topological polar surface area (TPSA) is 18.5 Å². The first kappa shape index (κ1) is 22.0. The number of benzene rings is 1. The van der Waals surface area contributed by atoms with Crippen molar-refractivity contribution in [2.24, 2.45) is 5.92 Å². The van der Waals surface area contributed by atoms with Crippen molar-refractivity contribution in [1.82, 2.24) is 0 Å². The van der Waals surface area contributed by atoms with Gasteiger partial charge >= 0.3 is 0 Å². The maximum Gasteiger partial charge on any atom is 0.200 e. The first-order chi connectivity index (χ1) is 12.2. The van der Waals surface area contributed by atoms with Gasteiger partial charge in [-0.3, -0.25) is 0 Å². The highest BCUT2D eigenvalue weighted by molar-refractivity contribution is 5.33. The van der Waals surface area contributed by atoms with E-state index in [1.807, 2.05) is 13.0 Å². The first-order valence-electron chi connectivity index (χ1n) is 8.51. The second-order valence-electron chi connectivity index (χ2n) is 6.46. The lowest BCUT2D eigenvalue weighted by Crippen LogP contribution is -2.11. The molecule has 0 aromatic heterocycles. The van der Waals surface area contributed by atoms with Crippen LogP contribution in [-0.2, 0) is 16.1 Å². The van der Waals surface area contributed by atoms with Gasteiger partial charge in [-0.05, 0) is 55.4 Å². The molecule has 0 heterocycles. The van der Waals surface area contributed by atoms with Gasteiger partial charge in [0.1, 0.15) is 11.6 Å². The quantitative estimate of drug-likeness (QED) is 0.355. The Bertz CT molecular complexity index is 680. The van der Waals surface area contributed by atoms with Gasteiger partial charge in [0.2, 0.25) is 0 Å². The Morgan fingerprint density at radius 2 is 1.77 bits per heavy atom. The third kappa shape index (κ3) is 6.37. The Hall–Kier alpha value is -2.01. The van der Waals surface area contributed by atoms with Crippen molar-refractivity contribution >= 4 is 0 Å². The molecular formula is C21H27F3O2. The van der Waals surface area contributed by atoms with Crippen molar-refractivity contribution in [3.63, 3.8) is 0 Å². The van der Waals surface area contributed by atoms with E-state index in [0.717, 1.165) is 5.56 Å². The van der Waals surface area contributed by atoms with Crippen molar-refractivity contribution in [3.05, 3.63) is 71.3 Å². The number of aryl methyl sites for hydroxylation is 1. The normalized spacial score (nSPS) is 14.4. The summed E-state index contributed by atoms with van der Waals surface area (Å²) in [5.74, 6) is -3.06. The van der Waals surface area contributed by atoms with Crippen LogP contribution in [0.1, 0.15) is 37.8 Å². The number of methoxy groups -OCH3 is 1. The summed E-state index contributed by atoms with van der Waals surface area (Å²) in [6, 6.07) is 4.99. The van der Waals surface area contributed by atoms with E-state index < -0.39 is 11.7 Å². The van der Waals surface area contributed by atoms with E-state index in [0.29, 0.717) is 25.0 Å². The smallest absolute Gasteiger partial charge is 0.200 e. The monoisotopic (exact) mass is 368 g/mol. The fourth-order valence-electron chi connectivity index (χ4n) is 2.28. The number of allylic oxidation sites excluding steroid dienone is 3. The molecule has 0 bridgehead atoms. The molecule has 0 N–H and O–H groups in total. The SMILES string of the molecule is C=C(OC)/C(F)=C(/F)C(=C)C(C)CCC(C)OCc1ccc(C)c(F)c1. The summed E-state index contributed by atoms with van der Waals surface area (Å²) < 4.78 is 51.6. The summed E-state index contributed by atoms with van der Waals surface area (Å²) in [4.78, 5) is 0. The van der Waals surface area contributed by atoms with Gasteiger partial charge in [0, 0.05) is 0 Å². The minimum atomic E-state index is -1.13. The van der Waals surface area contributed by atoms with Crippen molar-refractivity contribution < 1.29 is 22.6 Å². The van der Waals surface area contributed by atoms with E-state index >= 15 is 0 Å². The van der Waals surface area contributed by atoms with Gasteiger partial charge in [-0.1, -0.05) is 32.2 Å². The molecule has 0 spiro atoms. The molecule has 2 atom stereocenters. The van der Waals surface area contributed by atoms with E-state index in [4.69, 9.17) is 4.74 Å². The van der Waals surface area contributed by atoms with E-state index in [1.54, 1.807) is 19.9 Å². The molecular weight excluding hydrogens is 341 g/mol. The predicted octanol–water partition coefficient (Wildman–Crippen LogP) is 6.32. The average molecular weight is 368 g/mol. The molecule has 0 aliphatic carbocycles.